The van der Waals surface area contributed by atoms with Gasteiger partial charge in [0.05, 0.1) is 10.2 Å². The van der Waals surface area contributed by atoms with Crippen molar-refractivity contribution in [3.05, 3.63) is 54.6 Å². The predicted molar refractivity (Wildman–Crippen MR) is 96.7 cm³/mol. The number of benzene rings is 2. The number of hydrogen-bond donors (Lipinski definition) is 0. The molecule has 1 fully saturated rings. The van der Waals surface area contributed by atoms with E-state index >= 15 is 0 Å². The molecule has 0 bridgehead atoms. The molecule has 0 radical (unpaired) electrons. The molecule has 2 nitrogen and oxygen atoms in total. The molecule has 0 unspecified atom stereocenters. The first-order valence-electron chi connectivity index (χ1n) is 7.78. The highest BCUT2D eigenvalue weighted by atomic mass is 32.2. The Morgan fingerprint density at radius 1 is 0.955 bits per heavy atom. The monoisotopic (exact) mass is 326 g/mol. The minimum absolute atomic E-state index is 0.624. The summed E-state index contributed by atoms with van der Waals surface area (Å²) in [7, 11) is 0. The van der Waals surface area contributed by atoms with Crippen LogP contribution in [0, 0.1) is 0 Å². The van der Waals surface area contributed by atoms with Crippen LogP contribution in [-0.2, 0) is 0 Å². The Labute approximate surface area is 139 Å². The van der Waals surface area contributed by atoms with E-state index in [9.17, 15) is 0 Å². The van der Waals surface area contributed by atoms with Crippen molar-refractivity contribution in [3.8, 4) is 0 Å². The summed E-state index contributed by atoms with van der Waals surface area (Å²) < 4.78 is 4.88. The van der Waals surface area contributed by atoms with Gasteiger partial charge in [0, 0.05) is 23.7 Å². The van der Waals surface area contributed by atoms with E-state index in [2.05, 4.69) is 58.9 Å². The van der Waals surface area contributed by atoms with Gasteiger partial charge < -0.3 is 4.31 Å². The maximum absolute atomic E-state index is 4.79. The number of hydrogen-bond acceptors (Lipinski definition) is 4. The average Bonchev–Trinajstić information content (AvgIpc) is 3.22. The lowest BCUT2D eigenvalue weighted by molar-refractivity contribution is 0.710. The van der Waals surface area contributed by atoms with E-state index in [1.165, 1.54) is 36.1 Å². The van der Waals surface area contributed by atoms with Gasteiger partial charge in [-0.25, -0.2) is 4.98 Å². The van der Waals surface area contributed by atoms with Gasteiger partial charge >= 0.3 is 0 Å². The van der Waals surface area contributed by atoms with Crippen LogP contribution in [-0.4, -0.2) is 11.0 Å². The maximum Gasteiger partial charge on any atom is 0.171 e. The van der Waals surface area contributed by atoms with Gasteiger partial charge in [-0.1, -0.05) is 43.2 Å². The number of para-hydroxylation sites is 2. The van der Waals surface area contributed by atoms with Crippen molar-refractivity contribution in [2.45, 2.75) is 36.1 Å². The van der Waals surface area contributed by atoms with E-state index in [4.69, 9.17) is 4.98 Å². The SMILES string of the molecule is c1ccc(N(Sc2nc3ccccc3s2)C2CCCC2)cc1. The molecule has 4 rings (SSSR count). The Kier molecular flexibility index (Phi) is 4.04. The molecule has 1 saturated carbocycles. The molecule has 1 aromatic heterocycles. The predicted octanol–water partition coefficient (Wildman–Crippen LogP) is 5.75. The second-order valence-electron chi connectivity index (χ2n) is 5.64. The number of thiazole rings is 1. The number of nitrogens with zero attached hydrogens (tertiary/aromatic N) is 2. The van der Waals surface area contributed by atoms with Gasteiger partial charge in [-0.05, 0) is 37.1 Å². The Morgan fingerprint density at radius 3 is 2.45 bits per heavy atom. The molecule has 0 atom stereocenters. The zero-order valence-electron chi connectivity index (χ0n) is 12.3. The van der Waals surface area contributed by atoms with Crippen molar-refractivity contribution in [3.63, 3.8) is 0 Å². The molecule has 2 aromatic carbocycles. The lowest BCUT2D eigenvalue weighted by atomic mass is 10.2. The molecule has 0 aliphatic heterocycles. The van der Waals surface area contributed by atoms with Crippen LogP contribution < -0.4 is 4.31 Å². The largest absolute Gasteiger partial charge is 0.307 e. The fraction of sp³-hybridized carbons (Fsp3) is 0.278. The summed E-state index contributed by atoms with van der Waals surface area (Å²) in [5.41, 5.74) is 2.40. The van der Waals surface area contributed by atoms with Gasteiger partial charge in [0.25, 0.3) is 0 Å². The van der Waals surface area contributed by atoms with Gasteiger partial charge in [-0.3, -0.25) is 0 Å². The Bertz CT molecular complexity index is 715. The topological polar surface area (TPSA) is 16.1 Å². The van der Waals surface area contributed by atoms with Gasteiger partial charge in [0.15, 0.2) is 4.34 Å². The summed E-state index contributed by atoms with van der Waals surface area (Å²) in [5.74, 6) is 0. The van der Waals surface area contributed by atoms with Crippen molar-refractivity contribution >= 4 is 39.2 Å². The molecule has 22 heavy (non-hydrogen) atoms. The molecule has 1 aliphatic carbocycles. The quantitative estimate of drug-likeness (QED) is 0.568. The van der Waals surface area contributed by atoms with Crippen LogP contribution in [0.25, 0.3) is 10.2 Å². The first-order valence-corrected chi connectivity index (χ1v) is 9.37. The fourth-order valence-electron chi connectivity index (χ4n) is 3.03. The number of aromatic nitrogens is 1. The van der Waals surface area contributed by atoms with Crippen LogP contribution in [0.4, 0.5) is 5.69 Å². The minimum Gasteiger partial charge on any atom is -0.307 e. The van der Waals surface area contributed by atoms with Crippen molar-refractivity contribution in [2.75, 3.05) is 4.31 Å². The molecule has 0 spiro atoms. The summed E-state index contributed by atoms with van der Waals surface area (Å²) in [6, 6.07) is 19.8. The van der Waals surface area contributed by atoms with E-state index in [0.29, 0.717) is 6.04 Å². The smallest absolute Gasteiger partial charge is 0.171 e. The van der Waals surface area contributed by atoms with E-state index in [1.54, 1.807) is 23.3 Å². The summed E-state index contributed by atoms with van der Waals surface area (Å²) in [6.07, 6.45) is 5.25. The second-order valence-corrected chi connectivity index (χ2v) is 7.89. The first kappa shape index (κ1) is 14.1. The normalized spacial score (nSPS) is 15.5. The molecule has 3 aromatic rings. The van der Waals surface area contributed by atoms with E-state index in [-0.39, 0.29) is 0 Å². The molecule has 0 saturated heterocycles. The zero-order chi connectivity index (χ0) is 14.8. The van der Waals surface area contributed by atoms with E-state index in [1.807, 2.05) is 0 Å². The highest BCUT2D eigenvalue weighted by Gasteiger charge is 2.25. The minimum atomic E-state index is 0.624. The number of fused-ring (bicyclic) bond motifs is 1. The van der Waals surface area contributed by atoms with Gasteiger partial charge in [-0.2, -0.15) is 0 Å². The first-order chi connectivity index (χ1) is 10.9. The van der Waals surface area contributed by atoms with Crippen LogP contribution in [0.3, 0.4) is 0 Å². The second kappa shape index (κ2) is 6.31. The highest BCUT2D eigenvalue weighted by Crippen LogP contribution is 2.39. The Hall–Kier alpha value is -1.52. The van der Waals surface area contributed by atoms with Gasteiger partial charge in [-0.15, -0.1) is 11.3 Å². The molecule has 112 valence electrons. The average molecular weight is 326 g/mol. The number of anilines is 1. The number of rotatable bonds is 4. The third-order valence-electron chi connectivity index (χ3n) is 4.12. The van der Waals surface area contributed by atoms with Crippen LogP contribution >= 0.6 is 23.3 Å². The van der Waals surface area contributed by atoms with Crippen molar-refractivity contribution < 1.29 is 0 Å². The molecule has 4 heteroatoms. The zero-order valence-corrected chi connectivity index (χ0v) is 13.9. The summed E-state index contributed by atoms with van der Waals surface area (Å²) in [6.45, 7) is 0. The van der Waals surface area contributed by atoms with Crippen LogP contribution in [0.1, 0.15) is 25.7 Å². The lowest BCUT2D eigenvalue weighted by Gasteiger charge is -2.28. The standard InChI is InChI=1S/C18H18N2S2/c1-2-8-14(9-3-1)20(15-10-4-5-11-15)22-18-19-16-12-6-7-13-17(16)21-18/h1-3,6-9,12-13,15H,4-5,10-11H2. The molecule has 1 aliphatic rings. The lowest BCUT2D eigenvalue weighted by Crippen LogP contribution is -2.26. The van der Waals surface area contributed by atoms with Crippen molar-refractivity contribution in [1.82, 2.24) is 4.98 Å². The molecular formula is C18H18N2S2. The van der Waals surface area contributed by atoms with E-state index < -0.39 is 0 Å². The van der Waals surface area contributed by atoms with Crippen LogP contribution in [0.2, 0.25) is 0 Å². The maximum atomic E-state index is 4.79. The Balaban J connectivity index is 1.65. The van der Waals surface area contributed by atoms with Crippen molar-refractivity contribution in [2.24, 2.45) is 0 Å². The van der Waals surface area contributed by atoms with Crippen LogP contribution in [0.15, 0.2) is 58.9 Å². The van der Waals surface area contributed by atoms with Gasteiger partial charge in [0.1, 0.15) is 0 Å². The third kappa shape index (κ3) is 2.85. The van der Waals surface area contributed by atoms with Gasteiger partial charge in [0.2, 0.25) is 0 Å². The highest BCUT2D eigenvalue weighted by molar-refractivity contribution is 8.02. The summed E-state index contributed by atoms with van der Waals surface area (Å²) in [4.78, 5) is 4.79. The van der Waals surface area contributed by atoms with Crippen LogP contribution in [0.5, 0.6) is 0 Å². The molecule has 1 heterocycles. The summed E-state index contributed by atoms with van der Waals surface area (Å²) >= 11 is 3.59. The molecular weight excluding hydrogens is 308 g/mol. The van der Waals surface area contributed by atoms with E-state index in [0.717, 1.165) is 9.86 Å². The molecule has 0 amide bonds. The van der Waals surface area contributed by atoms with Crippen molar-refractivity contribution in [1.29, 1.82) is 0 Å². The fourth-order valence-corrected chi connectivity index (χ4v) is 5.28. The summed E-state index contributed by atoms with van der Waals surface area (Å²) in [5, 5.41) is 0. The third-order valence-corrected chi connectivity index (χ3v) is 6.38. The molecule has 0 N–H and O–H groups in total. The Morgan fingerprint density at radius 2 is 1.68 bits per heavy atom.